The molecular weight excluding hydrogens is 507 g/mol. The Bertz CT molecular complexity index is 1120. The first-order chi connectivity index (χ1) is 15.8. The van der Waals surface area contributed by atoms with Crippen molar-refractivity contribution in [1.29, 1.82) is 0 Å². The number of aromatic nitrogens is 4. The minimum Gasteiger partial charge on any atom is -0.497 e. The number of nitrogens with zero attached hydrogens (tertiary/aromatic N) is 4. The van der Waals surface area contributed by atoms with Crippen molar-refractivity contribution in [1.82, 2.24) is 19.5 Å². The topological polar surface area (TPSA) is 88.1 Å². The lowest BCUT2D eigenvalue weighted by Crippen LogP contribution is -2.37. The van der Waals surface area contributed by atoms with Crippen LogP contribution in [0, 0.1) is 0 Å². The molecule has 2 heterocycles. The molecule has 0 aliphatic rings. The number of fused-ring (bicyclic) bond motifs is 1. The van der Waals surface area contributed by atoms with Crippen molar-refractivity contribution in [3.63, 3.8) is 0 Å². The van der Waals surface area contributed by atoms with Gasteiger partial charge < -0.3 is 19.8 Å². The van der Waals surface area contributed by atoms with E-state index in [1.54, 1.807) is 27.4 Å². The largest absolute Gasteiger partial charge is 0.497 e. The van der Waals surface area contributed by atoms with Crippen LogP contribution in [0.15, 0.2) is 40.5 Å². The smallest absolute Gasteiger partial charge is 0.392 e. The van der Waals surface area contributed by atoms with E-state index in [1.165, 1.54) is 29.8 Å². The second-order valence-corrected chi connectivity index (χ2v) is 9.39. The zero-order valence-corrected chi connectivity index (χ0v) is 19.6. The van der Waals surface area contributed by atoms with Crippen LogP contribution in [-0.4, -0.2) is 50.9 Å². The van der Waals surface area contributed by atoms with Gasteiger partial charge in [-0.15, -0.1) is 9.24 Å². The first-order valence-electron chi connectivity index (χ1n) is 9.63. The molecule has 0 aliphatic carbocycles. The van der Waals surface area contributed by atoms with Crippen molar-refractivity contribution in [3.8, 4) is 5.75 Å². The highest BCUT2D eigenvalue weighted by Gasteiger charge is 2.47. The zero-order valence-electron chi connectivity index (χ0n) is 17.7. The van der Waals surface area contributed by atoms with Crippen LogP contribution in [0.5, 0.6) is 5.75 Å². The summed E-state index contributed by atoms with van der Waals surface area (Å²) in [4.78, 5) is 13.3. The van der Waals surface area contributed by atoms with Gasteiger partial charge in [0.15, 0.2) is 5.65 Å². The van der Waals surface area contributed by atoms with Crippen molar-refractivity contribution in [2.45, 2.75) is 47.0 Å². The molecule has 2 aromatic heterocycles. The number of alkyl halides is 6. The van der Waals surface area contributed by atoms with E-state index < -0.39 is 37.1 Å². The van der Waals surface area contributed by atoms with Crippen LogP contribution in [0.25, 0.3) is 11.2 Å². The Kier molecular flexibility index (Phi) is 7.83. The maximum absolute atomic E-state index is 12.8. The second-order valence-electron chi connectivity index (χ2n) is 7.28. The average Bonchev–Trinajstić information content (AvgIpc) is 3.08. The predicted octanol–water partition coefficient (Wildman–Crippen LogP) is 5.06. The number of rotatable bonds is 9. The van der Waals surface area contributed by atoms with Gasteiger partial charge in [0.2, 0.25) is 5.95 Å². The molecule has 0 radical (unpaired) electrons. The fourth-order valence-corrected chi connectivity index (χ4v) is 4.64. The number of hydrogen-bond donors (Lipinski definition) is 1. The molecule has 0 bridgehead atoms. The van der Waals surface area contributed by atoms with E-state index in [2.05, 4.69) is 15.0 Å². The van der Waals surface area contributed by atoms with Gasteiger partial charge in [-0.1, -0.05) is 17.8 Å². The fraction of sp³-hybridized carbons (Fsp3) is 0.421. The SMILES string of the molecule is COc1cccc(Sc2nc(N)nc3c2ncn3CCOC(P)(CC(F)(F)F)CC(F)(F)F)c1. The van der Waals surface area contributed by atoms with Gasteiger partial charge in [0.1, 0.15) is 16.3 Å². The summed E-state index contributed by atoms with van der Waals surface area (Å²) in [7, 11) is 3.08. The van der Waals surface area contributed by atoms with E-state index in [9.17, 15) is 26.3 Å². The van der Waals surface area contributed by atoms with Gasteiger partial charge >= 0.3 is 12.4 Å². The zero-order chi connectivity index (χ0) is 25.1. The van der Waals surface area contributed by atoms with Gasteiger partial charge in [-0.25, -0.2) is 9.97 Å². The minimum absolute atomic E-state index is 0.0740. The summed E-state index contributed by atoms with van der Waals surface area (Å²) in [5, 5.41) is -2.13. The molecule has 1 atom stereocenters. The van der Waals surface area contributed by atoms with Gasteiger partial charge in [0.25, 0.3) is 0 Å². The van der Waals surface area contributed by atoms with Crippen molar-refractivity contribution >= 4 is 38.1 Å². The quantitative estimate of drug-likeness (QED) is 0.236. The monoisotopic (exact) mass is 527 g/mol. The molecule has 0 amide bonds. The van der Waals surface area contributed by atoms with E-state index in [-0.39, 0.29) is 18.1 Å². The summed E-state index contributed by atoms with van der Waals surface area (Å²) in [5.41, 5.74) is 6.44. The summed E-state index contributed by atoms with van der Waals surface area (Å²) < 4.78 is 88.7. The summed E-state index contributed by atoms with van der Waals surface area (Å²) in [6.07, 6.45) is -11.9. The van der Waals surface area contributed by atoms with E-state index in [0.29, 0.717) is 16.3 Å². The van der Waals surface area contributed by atoms with Gasteiger partial charge in [-0.2, -0.15) is 31.3 Å². The van der Waals surface area contributed by atoms with Gasteiger partial charge in [0, 0.05) is 11.4 Å². The molecule has 0 spiro atoms. The van der Waals surface area contributed by atoms with Crippen LogP contribution in [-0.2, 0) is 11.3 Å². The standard InChI is InChI=1S/C19H20F6N5O2PS/c1-31-11-3-2-4-12(7-11)34-15-13-14(28-16(26)29-15)30(10-27-13)5-6-32-17(33,8-18(20,21)22)9-19(23,24)25/h2-4,7,10H,5-6,8-9,33H2,1H3,(H2,26,28,29). The Morgan fingerprint density at radius 2 is 1.76 bits per heavy atom. The molecule has 0 fully saturated rings. The lowest BCUT2D eigenvalue weighted by molar-refractivity contribution is -0.205. The third kappa shape index (κ3) is 7.34. The Hall–Kier alpha value is -2.31. The number of nitrogens with two attached hydrogens (primary N) is 1. The van der Waals surface area contributed by atoms with Crippen molar-refractivity contribution in [2.24, 2.45) is 0 Å². The summed E-state index contributed by atoms with van der Waals surface area (Å²) in [5.74, 6) is 0.555. The third-order valence-electron chi connectivity index (χ3n) is 4.43. The molecule has 3 aromatic rings. The number of nitrogen functional groups attached to an aromatic ring is 1. The Balaban J connectivity index is 1.79. The molecule has 1 aromatic carbocycles. The van der Waals surface area contributed by atoms with Gasteiger partial charge in [0.05, 0.1) is 38.2 Å². The second kappa shape index (κ2) is 10.1. The van der Waals surface area contributed by atoms with E-state index in [4.69, 9.17) is 15.2 Å². The number of methoxy groups -OCH3 is 1. The van der Waals surface area contributed by atoms with Crippen molar-refractivity contribution < 1.29 is 35.8 Å². The van der Waals surface area contributed by atoms with Crippen LogP contribution < -0.4 is 10.5 Å². The number of ether oxygens (including phenoxy) is 2. The van der Waals surface area contributed by atoms with Crippen molar-refractivity contribution in [3.05, 3.63) is 30.6 Å². The average molecular weight is 527 g/mol. The molecule has 0 saturated carbocycles. The normalized spacial score (nSPS) is 12.9. The van der Waals surface area contributed by atoms with Gasteiger partial charge in [-0.05, 0) is 18.2 Å². The van der Waals surface area contributed by atoms with E-state index in [1.807, 2.05) is 6.07 Å². The highest BCUT2D eigenvalue weighted by molar-refractivity contribution is 7.99. The highest BCUT2D eigenvalue weighted by atomic mass is 32.2. The maximum Gasteiger partial charge on any atom is 0.392 e. The van der Waals surface area contributed by atoms with Crippen LogP contribution in [0.2, 0.25) is 0 Å². The molecule has 1 unspecified atom stereocenters. The number of halogens is 6. The van der Waals surface area contributed by atoms with Crippen molar-refractivity contribution in [2.75, 3.05) is 19.5 Å². The molecule has 0 saturated heterocycles. The van der Waals surface area contributed by atoms with Crippen LogP contribution in [0.1, 0.15) is 12.8 Å². The predicted molar refractivity (Wildman–Crippen MR) is 117 cm³/mol. The van der Waals surface area contributed by atoms with Crippen LogP contribution in [0.3, 0.4) is 0 Å². The molecule has 0 aliphatic heterocycles. The fourth-order valence-electron chi connectivity index (χ4n) is 3.14. The Morgan fingerprint density at radius 3 is 2.38 bits per heavy atom. The lowest BCUT2D eigenvalue weighted by Gasteiger charge is -2.31. The Labute approximate surface area is 196 Å². The molecule has 34 heavy (non-hydrogen) atoms. The number of anilines is 1. The highest BCUT2D eigenvalue weighted by Crippen LogP contribution is 2.42. The molecule has 15 heteroatoms. The summed E-state index contributed by atoms with van der Waals surface area (Å²) in [6, 6.07) is 7.16. The third-order valence-corrected chi connectivity index (χ3v) is 5.97. The molecular formula is C19H20F6N5O2PS. The van der Waals surface area contributed by atoms with Crippen LogP contribution >= 0.6 is 21.0 Å². The van der Waals surface area contributed by atoms with Gasteiger partial charge in [-0.3, -0.25) is 0 Å². The number of hydrogen-bond acceptors (Lipinski definition) is 7. The van der Waals surface area contributed by atoms with E-state index >= 15 is 0 Å². The van der Waals surface area contributed by atoms with E-state index in [0.717, 1.165) is 4.90 Å². The molecule has 2 N–H and O–H groups in total. The first kappa shape index (κ1) is 26.3. The maximum atomic E-state index is 12.8. The van der Waals surface area contributed by atoms with Crippen LogP contribution in [0.4, 0.5) is 32.3 Å². The lowest BCUT2D eigenvalue weighted by atomic mass is 10.1. The number of imidazole rings is 1. The number of benzene rings is 1. The minimum atomic E-state index is -4.84. The molecule has 3 rings (SSSR count). The summed E-state index contributed by atoms with van der Waals surface area (Å²) >= 11 is 1.24. The molecule has 7 nitrogen and oxygen atoms in total. The summed E-state index contributed by atoms with van der Waals surface area (Å²) in [6.45, 7) is -0.564. The first-order valence-corrected chi connectivity index (χ1v) is 11.0. The Morgan fingerprint density at radius 1 is 1.09 bits per heavy atom. The molecule has 186 valence electrons.